The van der Waals surface area contributed by atoms with E-state index in [4.69, 9.17) is 9.72 Å². The molecule has 0 amide bonds. The van der Waals surface area contributed by atoms with Crippen LogP contribution in [-0.2, 0) is 19.6 Å². The highest BCUT2D eigenvalue weighted by Crippen LogP contribution is 2.31. The third-order valence-corrected chi connectivity index (χ3v) is 7.54. The minimum atomic E-state index is -0.302. The van der Waals surface area contributed by atoms with Crippen molar-refractivity contribution in [3.05, 3.63) is 122 Å². The highest BCUT2D eigenvalue weighted by Gasteiger charge is 2.21. The van der Waals surface area contributed by atoms with Crippen LogP contribution in [-0.4, -0.2) is 23.9 Å². The van der Waals surface area contributed by atoms with E-state index in [-0.39, 0.29) is 23.7 Å². The fourth-order valence-corrected chi connectivity index (χ4v) is 5.51. The molecule has 0 saturated heterocycles. The number of halogens is 1. The van der Waals surface area contributed by atoms with Gasteiger partial charge in [-0.3, -0.25) is 4.79 Å². The minimum absolute atomic E-state index is 0.149. The number of ether oxygens (including phenoxy) is 1. The maximum absolute atomic E-state index is 13.6. The van der Waals surface area contributed by atoms with Crippen LogP contribution in [0.3, 0.4) is 0 Å². The summed E-state index contributed by atoms with van der Waals surface area (Å²) >= 11 is 2.98. The normalized spacial score (nSPS) is 11.3. The molecule has 6 rings (SSSR count). The molecule has 0 aliphatic heterocycles. The van der Waals surface area contributed by atoms with E-state index >= 15 is 0 Å². The van der Waals surface area contributed by atoms with Crippen molar-refractivity contribution in [2.45, 2.75) is 19.6 Å². The Morgan fingerprint density at radius 1 is 0.973 bits per heavy atom. The van der Waals surface area contributed by atoms with Gasteiger partial charge in [-0.2, -0.15) is 0 Å². The van der Waals surface area contributed by atoms with Crippen LogP contribution in [0.1, 0.15) is 21.0 Å². The molecule has 6 aromatic rings. The molecule has 0 fully saturated rings. The standard InChI is InChI=1S/C27H20FN5O2S2/c28-20-8-6-18(7-9-20)14-21-15-30-25(37-21)23-24(35-17-19-4-2-1-3-5-19)26(34)33-12-11-32(27(33)31-23)16-22-29-10-13-36-22/h1-13,15H,14,16-17H2. The van der Waals surface area contributed by atoms with Crippen LogP contribution in [0.5, 0.6) is 5.75 Å². The van der Waals surface area contributed by atoms with Gasteiger partial charge in [0.25, 0.3) is 0 Å². The van der Waals surface area contributed by atoms with Crippen molar-refractivity contribution in [1.29, 1.82) is 0 Å². The van der Waals surface area contributed by atoms with Gasteiger partial charge in [-0.15, -0.1) is 22.7 Å². The Bertz CT molecular complexity index is 1710. The van der Waals surface area contributed by atoms with Gasteiger partial charge >= 0.3 is 5.56 Å². The number of fused-ring (bicyclic) bond motifs is 1. The predicted molar refractivity (Wildman–Crippen MR) is 142 cm³/mol. The first-order chi connectivity index (χ1) is 18.1. The number of aromatic nitrogens is 5. The van der Waals surface area contributed by atoms with Gasteiger partial charge in [-0.1, -0.05) is 42.5 Å². The maximum Gasteiger partial charge on any atom is 0.302 e. The fraction of sp³-hybridized carbons (Fsp3) is 0.111. The highest BCUT2D eigenvalue weighted by molar-refractivity contribution is 7.15. The van der Waals surface area contributed by atoms with Gasteiger partial charge in [-0.25, -0.2) is 23.7 Å². The molecule has 0 atom stereocenters. The summed E-state index contributed by atoms with van der Waals surface area (Å²) in [6.07, 6.45) is 7.63. The number of rotatable bonds is 8. The largest absolute Gasteiger partial charge is 0.481 e. The van der Waals surface area contributed by atoms with Gasteiger partial charge in [0, 0.05) is 41.5 Å². The molecule has 0 spiro atoms. The van der Waals surface area contributed by atoms with Crippen molar-refractivity contribution >= 4 is 28.5 Å². The Hall–Kier alpha value is -4.15. The Kier molecular flexibility index (Phi) is 6.33. The molecule has 2 aromatic carbocycles. The monoisotopic (exact) mass is 529 g/mol. The van der Waals surface area contributed by atoms with Crippen LogP contribution in [0.2, 0.25) is 0 Å². The van der Waals surface area contributed by atoms with E-state index in [2.05, 4.69) is 9.97 Å². The lowest BCUT2D eigenvalue weighted by Gasteiger charge is -2.10. The van der Waals surface area contributed by atoms with Crippen LogP contribution in [0.15, 0.2) is 89.6 Å². The number of benzene rings is 2. The van der Waals surface area contributed by atoms with Crippen molar-refractivity contribution in [2.75, 3.05) is 0 Å². The van der Waals surface area contributed by atoms with E-state index in [1.165, 1.54) is 27.9 Å². The molecule has 0 unspecified atom stereocenters. The summed E-state index contributed by atoms with van der Waals surface area (Å²) in [5.74, 6) is 0.362. The topological polar surface area (TPSA) is 74.3 Å². The molecule has 0 saturated carbocycles. The smallest absolute Gasteiger partial charge is 0.302 e. The zero-order valence-electron chi connectivity index (χ0n) is 19.5. The van der Waals surface area contributed by atoms with Gasteiger partial charge in [0.1, 0.15) is 22.4 Å². The highest BCUT2D eigenvalue weighted by atomic mass is 32.1. The number of thiazole rings is 2. The first-order valence-electron chi connectivity index (χ1n) is 11.5. The van der Waals surface area contributed by atoms with E-state index in [1.807, 2.05) is 46.5 Å². The molecule has 0 aliphatic carbocycles. The zero-order valence-corrected chi connectivity index (χ0v) is 21.1. The van der Waals surface area contributed by atoms with Gasteiger partial charge in [-0.05, 0) is 23.3 Å². The second-order valence-corrected chi connectivity index (χ2v) is 10.4. The van der Waals surface area contributed by atoms with Gasteiger partial charge in [0.15, 0.2) is 5.69 Å². The van der Waals surface area contributed by atoms with Crippen molar-refractivity contribution in [1.82, 2.24) is 23.9 Å². The molecule has 0 bridgehead atoms. The quantitative estimate of drug-likeness (QED) is 0.263. The third-order valence-electron chi connectivity index (χ3n) is 5.77. The SMILES string of the molecule is O=c1c(OCc2ccccc2)c(-c2ncc(Cc3ccc(F)cc3)s2)nc2n(Cc3nccs3)ccn12. The molecular weight excluding hydrogens is 509 g/mol. The lowest BCUT2D eigenvalue weighted by molar-refractivity contribution is 0.301. The van der Waals surface area contributed by atoms with Gasteiger partial charge in [0.2, 0.25) is 11.5 Å². The Balaban J connectivity index is 1.40. The minimum Gasteiger partial charge on any atom is -0.481 e. The van der Waals surface area contributed by atoms with E-state index < -0.39 is 0 Å². The van der Waals surface area contributed by atoms with Gasteiger partial charge < -0.3 is 9.30 Å². The third kappa shape index (κ3) is 4.93. The summed E-state index contributed by atoms with van der Waals surface area (Å²) in [6, 6.07) is 16.1. The van der Waals surface area contributed by atoms with Crippen molar-refractivity contribution in [3.8, 4) is 16.5 Å². The van der Waals surface area contributed by atoms with Crippen LogP contribution >= 0.6 is 22.7 Å². The number of nitrogens with zero attached hydrogens (tertiary/aromatic N) is 5. The molecule has 10 heteroatoms. The second kappa shape index (κ2) is 10.1. The fourth-order valence-electron chi connectivity index (χ4n) is 3.96. The van der Waals surface area contributed by atoms with Crippen molar-refractivity contribution in [3.63, 3.8) is 0 Å². The van der Waals surface area contributed by atoms with Crippen molar-refractivity contribution in [2.24, 2.45) is 0 Å². The predicted octanol–water partition coefficient (Wildman–Crippen LogP) is 5.43. The van der Waals surface area contributed by atoms with E-state index in [0.717, 1.165) is 21.0 Å². The Labute approximate surface area is 219 Å². The lowest BCUT2D eigenvalue weighted by Crippen LogP contribution is -2.19. The van der Waals surface area contributed by atoms with Crippen LogP contribution in [0.4, 0.5) is 4.39 Å². The summed E-state index contributed by atoms with van der Waals surface area (Å²) in [6.45, 7) is 0.725. The van der Waals surface area contributed by atoms with Gasteiger partial charge in [0.05, 0.1) is 6.54 Å². The van der Waals surface area contributed by atoms with Crippen LogP contribution in [0, 0.1) is 5.82 Å². The molecule has 0 N–H and O–H groups in total. The first-order valence-corrected chi connectivity index (χ1v) is 13.2. The first kappa shape index (κ1) is 23.3. The van der Waals surface area contributed by atoms with E-state index in [9.17, 15) is 9.18 Å². The number of imidazole rings is 1. The molecule has 4 aromatic heterocycles. The molecule has 4 heterocycles. The molecule has 7 nitrogen and oxygen atoms in total. The molecule has 184 valence electrons. The molecule has 0 radical (unpaired) electrons. The number of hydrogen-bond donors (Lipinski definition) is 0. The summed E-state index contributed by atoms with van der Waals surface area (Å²) in [5, 5.41) is 3.41. The second-order valence-electron chi connectivity index (χ2n) is 8.33. The van der Waals surface area contributed by atoms with E-state index in [0.29, 0.717) is 29.4 Å². The molecular formula is C27H20FN5O2S2. The number of hydrogen-bond acceptors (Lipinski definition) is 7. The molecule has 37 heavy (non-hydrogen) atoms. The average Bonchev–Trinajstić information content (AvgIpc) is 3.68. The average molecular weight is 530 g/mol. The van der Waals surface area contributed by atoms with Crippen LogP contribution in [0.25, 0.3) is 16.5 Å². The summed E-state index contributed by atoms with van der Waals surface area (Å²) in [4.78, 5) is 28.4. The summed E-state index contributed by atoms with van der Waals surface area (Å²) in [7, 11) is 0. The summed E-state index contributed by atoms with van der Waals surface area (Å²) < 4.78 is 22.8. The van der Waals surface area contributed by atoms with Crippen molar-refractivity contribution < 1.29 is 9.13 Å². The molecule has 0 aliphatic rings. The zero-order chi connectivity index (χ0) is 25.2. The maximum atomic E-state index is 13.6. The Morgan fingerprint density at radius 2 is 1.81 bits per heavy atom. The van der Waals surface area contributed by atoms with Crippen LogP contribution < -0.4 is 10.3 Å². The Morgan fingerprint density at radius 3 is 2.59 bits per heavy atom. The lowest BCUT2D eigenvalue weighted by atomic mass is 10.1. The van der Waals surface area contributed by atoms with E-state index in [1.54, 1.807) is 42.1 Å². The summed E-state index contributed by atoms with van der Waals surface area (Å²) in [5.41, 5.74) is 2.01.